The van der Waals surface area contributed by atoms with E-state index in [9.17, 15) is 61.2 Å². The first-order valence-corrected chi connectivity index (χ1v) is 29.0. The van der Waals surface area contributed by atoms with Gasteiger partial charge in [0.25, 0.3) is 0 Å². The number of amides is 3. The summed E-state index contributed by atoms with van der Waals surface area (Å²) < 4.78 is 144. The molecule has 4 rings (SSSR count). The lowest BCUT2D eigenvalue weighted by molar-refractivity contribution is -0.161. The SMILES string of the molecule is [N-]=[N+]=NCCCCCC(=O)NC(COCCC(=O)NCCOCCOCCOCCO/C=C1/OC[C@H](Nc2cncc(C(F)(F)F)n2)[C@@H](O)[C@H]1O)COCCC(=O)NCCOCCOCCOCCOC[C@H]1OC[C@H](Nc2cncc(C(F)(F)F)n2)[C@@H](O)[C@H]1O. The van der Waals surface area contributed by atoms with Gasteiger partial charge in [-0.1, -0.05) is 11.5 Å². The maximum Gasteiger partial charge on any atom is 0.434 e. The third kappa shape index (κ3) is 32.7. The van der Waals surface area contributed by atoms with E-state index >= 15 is 0 Å². The van der Waals surface area contributed by atoms with Gasteiger partial charge in [0.15, 0.2) is 17.1 Å². The van der Waals surface area contributed by atoms with Crippen molar-refractivity contribution in [2.45, 2.75) is 99.5 Å². The smallest absolute Gasteiger partial charge is 0.434 e. The van der Waals surface area contributed by atoms with E-state index in [1.54, 1.807) is 0 Å². The zero-order valence-corrected chi connectivity index (χ0v) is 49.5. The van der Waals surface area contributed by atoms with Gasteiger partial charge in [-0.25, -0.2) is 9.97 Å². The van der Waals surface area contributed by atoms with Crippen molar-refractivity contribution in [1.82, 2.24) is 35.9 Å². The second kappa shape index (κ2) is 44.4. The van der Waals surface area contributed by atoms with Crippen LogP contribution in [0.4, 0.5) is 38.0 Å². The molecule has 0 radical (unpaired) electrons. The van der Waals surface area contributed by atoms with E-state index in [-0.39, 0.29) is 206 Å². The van der Waals surface area contributed by atoms with Gasteiger partial charge < -0.3 is 104 Å². The minimum Gasteiger partial charge on any atom is -0.495 e. The summed E-state index contributed by atoms with van der Waals surface area (Å²) in [5, 5.41) is 58.9. The molecule has 1 unspecified atom stereocenters. The van der Waals surface area contributed by atoms with Gasteiger partial charge in [0.1, 0.15) is 61.6 Å². The molecule has 2 aromatic heterocycles. The summed E-state index contributed by atoms with van der Waals surface area (Å²) in [4.78, 5) is 54.1. The Balaban J connectivity index is 0.936. The molecule has 0 bridgehead atoms. The number of nitrogens with zero attached hydrogens (tertiary/aromatic N) is 7. The summed E-state index contributed by atoms with van der Waals surface area (Å²) in [6, 6.07) is -2.51. The topological polar surface area (TPSA) is 403 Å². The zero-order chi connectivity index (χ0) is 65.2. The van der Waals surface area contributed by atoms with Gasteiger partial charge in [-0.3, -0.25) is 24.4 Å². The number of hydrogen-bond acceptors (Lipinski definition) is 26. The molecule has 37 heteroatoms. The summed E-state index contributed by atoms with van der Waals surface area (Å²) in [7, 11) is 0. The first kappa shape index (κ1) is 76.3. The van der Waals surface area contributed by atoms with Crippen LogP contribution in [-0.4, -0.2) is 265 Å². The molecule has 510 valence electrons. The lowest BCUT2D eigenvalue weighted by Gasteiger charge is -2.38. The predicted octanol–water partition coefficient (Wildman–Crippen LogP) is 0.814. The lowest BCUT2D eigenvalue weighted by Crippen LogP contribution is -2.57. The monoisotopic (exact) mass is 1300 g/mol. The van der Waals surface area contributed by atoms with E-state index < -0.39 is 72.4 Å². The maximum absolute atomic E-state index is 13.0. The number of carbonyl (C=O) groups excluding carboxylic acids is 3. The Kier molecular flexibility index (Phi) is 37.6. The predicted molar refractivity (Wildman–Crippen MR) is 300 cm³/mol. The number of unbranched alkanes of at least 4 members (excludes halogenated alkanes) is 2. The van der Waals surface area contributed by atoms with E-state index in [1.807, 2.05) is 0 Å². The molecule has 0 aliphatic carbocycles. The molecule has 90 heavy (non-hydrogen) atoms. The molecule has 2 aromatic rings. The first-order valence-electron chi connectivity index (χ1n) is 29.0. The van der Waals surface area contributed by atoms with Crippen LogP contribution in [0.15, 0.2) is 41.9 Å². The highest BCUT2D eigenvalue weighted by molar-refractivity contribution is 5.76. The fraction of sp³-hybridized carbons (Fsp3) is 0.755. The summed E-state index contributed by atoms with van der Waals surface area (Å²) >= 11 is 0. The van der Waals surface area contributed by atoms with Gasteiger partial charge in [0, 0.05) is 43.8 Å². The molecule has 2 aliphatic rings. The van der Waals surface area contributed by atoms with Crippen molar-refractivity contribution in [2.75, 3.05) is 169 Å². The minimum atomic E-state index is -4.71. The summed E-state index contributed by atoms with van der Waals surface area (Å²) in [6.07, 6.45) is -9.53. The van der Waals surface area contributed by atoms with E-state index in [4.69, 9.17) is 62.4 Å². The van der Waals surface area contributed by atoms with Crippen molar-refractivity contribution in [3.05, 3.63) is 58.6 Å². The number of ether oxygens (including phenoxy) is 12. The normalized spacial score (nSPS) is 20.2. The van der Waals surface area contributed by atoms with E-state index in [1.165, 1.54) is 0 Å². The van der Waals surface area contributed by atoms with Crippen LogP contribution < -0.4 is 26.6 Å². The Bertz CT molecular complexity index is 2410. The number of anilines is 2. The van der Waals surface area contributed by atoms with Crippen LogP contribution in [0.5, 0.6) is 0 Å². The van der Waals surface area contributed by atoms with Crippen LogP contribution in [0.2, 0.25) is 0 Å². The number of azide groups is 1. The third-order valence-corrected chi connectivity index (χ3v) is 12.6. The minimum absolute atomic E-state index is 0.0338. The van der Waals surface area contributed by atoms with Crippen LogP contribution in [0.25, 0.3) is 10.4 Å². The van der Waals surface area contributed by atoms with Crippen LogP contribution >= 0.6 is 0 Å². The number of alkyl halides is 6. The zero-order valence-electron chi connectivity index (χ0n) is 49.5. The molecule has 2 fully saturated rings. The van der Waals surface area contributed by atoms with E-state index in [0.29, 0.717) is 38.2 Å². The summed E-state index contributed by atoms with van der Waals surface area (Å²) in [5.41, 5.74) is 6.02. The number of hydrogen-bond donors (Lipinski definition) is 9. The largest absolute Gasteiger partial charge is 0.495 e. The average Bonchev–Trinajstić information content (AvgIpc) is 1.15. The molecule has 9 N–H and O–H groups in total. The number of aliphatic hydroxyl groups is 4. The highest BCUT2D eigenvalue weighted by atomic mass is 19.4. The fourth-order valence-electron chi connectivity index (χ4n) is 7.92. The quantitative estimate of drug-likeness (QED) is 0.0111. The Morgan fingerprint density at radius 3 is 1.60 bits per heavy atom. The van der Waals surface area contributed by atoms with Crippen molar-refractivity contribution >= 4 is 29.4 Å². The van der Waals surface area contributed by atoms with Gasteiger partial charge in [0.2, 0.25) is 17.7 Å². The van der Waals surface area contributed by atoms with Crippen molar-refractivity contribution in [2.24, 2.45) is 5.11 Å². The molecule has 2 aliphatic heterocycles. The second-order valence-electron chi connectivity index (χ2n) is 19.7. The van der Waals surface area contributed by atoms with Gasteiger partial charge >= 0.3 is 12.4 Å². The number of aromatic nitrogens is 4. The van der Waals surface area contributed by atoms with Gasteiger partial charge in [-0.15, -0.1) is 0 Å². The van der Waals surface area contributed by atoms with Crippen molar-refractivity contribution in [1.29, 1.82) is 0 Å². The highest BCUT2D eigenvalue weighted by Gasteiger charge is 2.40. The molecular formula is C53H82F6N12O19. The van der Waals surface area contributed by atoms with Gasteiger partial charge in [-0.05, 0) is 18.4 Å². The second-order valence-corrected chi connectivity index (χ2v) is 19.7. The number of rotatable bonds is 48. The first-order chi connectivity index (χ1) is 43.3. The van der Waals surface area contributed by atoms with Crippen LogP contribution in [-0.2, 0) is 83.6 Å². The number of nitrogens with one attached hydrogen (secondary N) is 5. The molecule has 0 aromatic carbocycles. The Labute approximate surface area is 514 Å². The fourth-order valence-corrected chi connectivity index (χ4v) is 7.92. The molecule has 0 saturated carbocycles. The number of halogens is 6. The lowest BCUT2D eigenvalue weighted by atomic mass is 9.98. The van der Waals surface area contributed by atoms with E-state index in [2.05, 4.69) is 56.5 Å². The maximum atomic E-state index is 13.0. The average molecular weight is 1310 g/mol. The molecule has 31 nitrogen and oxygen atoms in total. The van der Waals surface area contributed by atoms with Gasteiger partial charge in [-0.2, -0.15) is 26.3 Å². The third-order valence-electron chi connectivity index (χ3n) is 12.6. The van der Waals surface area contributed by atoms with Crippen LogP contribution in [0, 0.1) is 0 Å². The summed E-state index contributed by atoms with van der Waals surface area (Å²) in [6.45, 7) is 3.65. The molecule has 3 amide bonds. The van der Waals surface area contributed by atoms with Crippen LogP contribution in [0.3, 0.4) is 0 Å². The Morgan fingerprint density at radius 1 is 0.600 bits per heavy atom. The molecule has 2 saturated heterocycles. The molecular weight excluding hydrogens is 1220 g/mol. The molecule has 0 spiro atoms. The van der Waals surface area contributed by atoms with Crippen molar-refractivity contribution < 1.29 is 118 Å². The number of carbonyl (C=O) groups is 3. The van der Waals surface area contributed by atoms with E-state index in [0.717, 1.165) is 18.7 Å². The standard InChI is InChI=1S/C53H82F6N12O19/c54-52(55,56)41-26-61-28-43(69-41)67-37-32-89-39(50(77)48(37)75)34-87-24-22-83-20-18-81-16-14-79-12-8-63-45(72)5-10-85-30-36(66-47(74)4-2-1-3-7-65-71-60)31-86-11-6-46(73)64-9-13-80-15-17-82-19-21-84-23-25-88-35-40-51(78)49(76)38(33-90-40)68-44-29-62-27-42(70-44)53(57,58)59/h26-29,34,36-38,40,48-51,75-78H,1-25,30-33,35H2,(H,63,72)(H,64,73)(H,66,74)(H,67,69)(H,68,70)/b39-34+/t36?,37-,38-,40+,48+,49+,50-,51-/m0/s1. The van der Waals surface area contributed by atoms with Gasteiger partial charge in [0.05, 0.1) is 168 Å². The molecule has 4 heterocycles. The Hall–Kier alpha value is -6.16. The van der Waals surface area contributed by atoms with Crippen LogP contribution in [0.1, 0.15) is 49.9 Å². The van der Waals surface area contributed by atoms with Crippen molar-refractivity contribution in [3.8, 4) is 0 Å². The number of aliphatic hydroxyl groups excluding tert-OH is 4. The Morgan fingerprint density at radius 2 is 1.09 bits per heavy atom. The van der Waals surface area contributed by atoms with Crippen molar-refractivity contribution in [3.63, 3.8) is 0 Å². The highest BCUT2D eigenvalue weighted by Crippen LogP contribution is 2.30. The summed E-state index contributed by atoms with van der Waals surface area (Å²) in [5.74, 6) is -1.37. The molecule has 8 atom stereocenters.